The Kier molecular flexibility index (Phi) is 4.14. The smallest absolute Gasteiger partial charge is 0.318 e. The van der Waals surface area contributed by atoms with E-state index in [9.17, 15) is 18.4 Å². The molecule has 2 aliphatic heterocycles. The number of likely N-dealkylation sites (tertiary alicyclic amines) is 1. The Morgan fingerprint density at radius 1 is 1.27 bits per heavy atom. The number of esters is 2. The molecule has 0 N–H and O–H groups in total. The van der Waals surface area contributed by atoms with Gasteiger partial charge in [0, 0.05) is 19.6 Å². The predicted molar refractivity (Wildman–Crippen MR) is 47.5 cm³/mol. The number of ether oxygens (including phenoxy) is 1. The first-order valence-corrected chi connectivity index (χ1v) is 4.64. The van der Waals surface area contributed by atoms with Crippen LogP contribution < -0.4 is 0 Å². The number of carbonyl (C=O) groups is 2. The zero-order chi connectivity index (χ0) is 11.4. The van der Waals surface area contributed by atoms with Crippen molar-refractivity contribution < 1.29 is 23.1 Å². The number of rotatable bonds is 2. The van der Waals surface area contributed by atoms with Crippen LogP contribution in [-0.4, -0.2) is 50.3 Å². The standard InChI is InChI=1S/C8H10FNO3.CH3F/c9-1-2-10-3-5-6(4-10)8(12)13-7(5)11;1-2/h5-6H,1-4H2;1H3. The van der Waals surface area contributed by atoms with Crippen molar-refractivity contribution in [3.63, 3.8) is 0 Å². The third-order valence-corrected chi connectivity index (χ3v) is 2.60. The summed E-state index contributed by atoms with van der Waals surface area (Å²) in [6.07, 6.45) is 0. The van der Waals surface area contributed by atoms with Gasteiger partial charge in [-0.2, -0.15) is 0 Å². The zero-order valence-corrected chi connectivity index (χ0v) is 8.41. The topological polar surface area (TPSA) is 46.6 Å². The second-order valence-electron chi connectivity index (χ2n) is 3.40. The van der Waals surface area contributed by atoms with Crippen molar-refractivity contribution in [3.05, 3.63) is 0 Å². The lowest BCUT2D eigenvalue weighted by atomic mass is 10.00. The summed E-state index contributed by atoms with van der Waals surface area (Å²) in [6.45, 7) is 0.772. The Balaban J connectivity index is 0.000000531. The molecule has 0 spiro atoms. The molecular formula is C9H13F2NO3. The Labute approximate surface area is 86.2 Å². The van der Waals surface area contributed by atoms with Gasteiger partial charge in [0.1, 0.15) is 6.67 Å². The zero-order valence-electron chi connectivity index (χ0n) is 8.41. The Hall–Kier alpha value is -1.04. The fourth-order valence-corrected chi connectivity index (χ4v) is 1.92. The SMILES string of the molecule is CF.O=C1OC(=O)C2CN(CCF)CC12. The Morgan fingerprint density at radius 2 is 1.73 bits per heavy atom. The van der Waals surface area contributed by atoms with Gasteiger partial charge >= 0.3 is 11.9 Å². The molecule has 0 aromatic rings. The third kappa shape index (κ3) is 2.31. The third-order valence-electron chi connectivity index (χ3n) is 2.60. The van der Waals surface area contributed by atoms with Crippen LogP contribution in [0.2, 0.25) is 0 Å². The van der Waals surface area contributed by atoms with E-state index in [1.54, 1.807) is 4.90 Å². The average Bonchev–Trinajstić information content (AvgIpc) is 2.74. The van der Waals surface area contributed by atoms with Crippen LogP contribution in [-0.2, 0) is 14.3 Å². The quantitative estimate of drug-likeness (QED) is 0.492. The van der Waals surface area contributed by atoms with E-state index in [1.165, 1.54) is 0 Å². The summed E-state index contributed by atoms with van der Waals surface area (Å²) < 4.78 is 25.9. The molecule has 15 heavy (non-hydrogen) atoms. The monoisotopic (exact) mass is 221 g/mol. The van der Waals surface area contributed by atoms with Crippen molar-refractivity contribution in [1.29, 1.82) is 0 Å². The van der Waals surface area contributed by atoms with Crippen LogP contribution in [0.1, 0.15) is 0 Å². The van der Waals surface area contributed by atoms with Gasteiger partial charge in [-0.3, -0.25) is 18.9 Å². The van der Waals surface area contributed by atoms with Crippen molar-refractivity contribution in [3.8, 4) is 0 Å². The fourth-order valence-electron chi connectivity index (χ4n) is 1.92. The van der Waals surface area contributed by atoms with Crippen LogP contribution in [0, 0.1) is 11.8 Å². The minimum atomic E-state index is -0.448. The van der Waals surface area contributed by atoms with Gasteiger partial charge in [0.25, 0.3) is 0 Å². The number of nitrogens with zero attached hydrogens (tertiary/aromatic N) is 1. The van der Waals surface area contributed by atoms with Crippen molar-refractivity contribution in [1.82, 2.24) is 4.90 Å². The summed E-state index contributed by atoms with van der Waals surface area (Å²) in [5, 5.41) is 0. The van der Waals surface area contributed by atoms with E-state index in [0.29, 0.717) is 26.8 Å². The average molecular weight is 221 g/mol. The van der Waals surface area contributed by atoms with E-state index in [2.05, 4.69) is 4.74 Å². The fraction of sp³-hybridized carbons (Fsp3) is 0.778. The summed E-state index contributed by atoms with van der Waals surface area (Å²) in [7, 11) is 0.500. The first-order chi connectivity index (χ1) is 7.22. The predicted octanol–water partition coefficient (Wildman–Crippen LogP) is 0.173. The first-order valence-electron chi connectivity index (χ1n) is 4.64. The Morgan fingerprint density at radius 3 is 2.13 bits per heavy atom. The molecule has 0 aromatic heterocycles. The number of hydrogen-bond acceptors (Lipinski definition) is 4. The highest BCUT2D eigenvalue weighted by molar-refractivity contribution is 5.97. The van der Waals surface area contributed by atoms with E-state index in [1.807, 2.05) is 0 Å². The summed E-state index contributed by atoms with van der Waals surface area (Å²) in [6, 6.07) is 0. The molecule has 2 saturated heterocycles. The number of alkyl halides is 2. The summed E-state index contributed by atoms with van der Waals surface area (Å²) in [4.78, 5) is 23.9. The van der Waals surface area contributed by atoms with E-state index >= 15 is 0 Å². The van der Waals surface area contributed by atoms with E-state index in [4.69, 9.17) is 0 Å². The first kappa shape index (κ1) is 12.0. The van der Waals surface area contributed by atoms with Gasteiger partial charge < -0.3 is 4.74 Å². The van der Waals surface area contributed by atoms with Crippen LogP contribution in [0.5, 0.6) is 0 Å². The van der Waals surface area contributed by atoms with Crippen LogP contribution in [0.3, 0.4) is 0 Å². The molecule has 0 aliphatic carbocycles. The van der Waals surface area contributed by atoms with Crippen molar-refractivity contribution in [2.75, 3.05) is 33.5 Å². The van der Waals surface area contributed by atoms with Crippen molar-refractivity contribution >= 4 is 11.9 Å². The molecule has 2 unspecified atom stereocenters. The molecule has 0 bridgehead atoms. The number of cyclic esters (lactones) is 2. The molecule has 2 heterocycles. The Bertz CT molecular complexity index is 238. The molecule has 6 heteroatoms. The second kappa shape index (κ2) is 5.16. The highest BCUT2D eigenvalue weighted by Gasteiger charge is 2.49. The number of carbonyl (C=O) groups excluding carboxylic acids is 2. The highest BCUT2D eigenvalue weighted by Crippen LogP contribution is 2.30. The second-order valence-corrected chi connectivity index (χ2v) is 3.40. The van der Waals surface area contributed by atoms with Crippen LogP contribution in [0.4, 0.5) is 8.78 Å². The number of halogens is 2. The molecule has 2 atom stereocenters. The van der Waals surface area contributed by atoms with Gasteiger partial charge in [-0.25, -0.2) is 4.39 Å². The van der Waals surface area contributed by atoms with Crippen LogP contribution in [0.25, 0.3) is 0 Å². The van der Waals surface area contributed by atoms with Crippen molar-refractivity contribution in [2.45, 2.75) is 0 Å². The lowest BCUT2D eigenvalue weighted by molar-refractivity contribution is -0.154. The largest absolute Gasteiger partial charge is 0.393 e. The maximum absolute atomic E-state index is 12.0. The lowest BCUT2D eigenvalue weighted by Crippen LogP contribution is -2.26. The summed E-state index contributed by atoms with van der Waals surface area (Å²) in [5.74, 6) is -1.59. The molecule has 2 fully saturated rings. The molecular weight excluding hydrogens is 208 g/mol. The lowest BCUT2D eigenvalue weighted by Gasteiger charge is -2.12. The van der Waals surface area contributed by atoms with Crippen LogP contribution in [0.15, 0.2) is 0 Å². The molecule has 0 aromatic carbocycles. The van der Waals surface area contributed by atoms with Gasteiger partial charge in [0.05, 0.1) is 19.0 Å². The maximum atomic E-state index is 12.0. The number of fused-ring (bicyclic) bond motifs is 1. The van der Waals surface area contributed by atoms with Gasteiger partial charge in [0.2, 0.25) is 0 Å². The van der Waals surface area contributed by atoms with Gasteiger partial charge in [-0.1, -0.05) is 0 Å². The van der Waals surface area contributed by atoms with Gasteiger partial charge in [-0.05, 0) is 0 Å². The molecule has 0 radical (unpaired) electrons. The van der Waals surface area contributed by atoms with Gasteiger partial charge in [0.15, 0.2) is 0 Å². The molecule has 2 rings (SSSR count). The normalized spacial score (nSPS) is 29.5. The van der Waals surface area contributed by atoms with Crippen LogP contribution >= 0.6 is 0 Å². The van der Waals surface area contributed by atoms with Gasteiger partial charge in [-0.15, -0.1) is 0 Å². The molecule has 86 valence electrons. The van der Waals surface area contributed by atoms with E-state index in [0.717, 1.165) is 0 Å². The molecule has 4 nitrogen and oxygen atoms in total. The minimum absolute atomic E-state index is 0.299. The highest BCUT2D eigenvalue weighted by atomic mass is 19.1. The van der Waals surface area contributed by atoms with E-state index in [-0.39, 0.29) is 11.8 Å². The molecule has 2 aliphatic rings. The molecule has 0 amide bonds. The minimum Gasteiger partial charge on any atom is -0.393 e. The number of hydrogen-bond donors (Lipinski definition) is 0. The summed E-state index contributed by atoms with van der Waals surface area (Å²) >= 11 is 0. The summed E-state index contributed by atoms with van der Waals surface area (Å²) in [5.41, 5.74) is 0. The van der Waals surface area contributed by atoms with Crippen molar-refractivity contribution in [2.24, 2.45) is 11.8 Å². The maximum Gasteiger partial charge on any atom is 0.318 e. The van der Waals surface area contributed by atoms with E-state index < -0.39 is 18.6 Å². The molecule has 0 saturated carbocycles.